The van der Waals surface area contributed by atoms with Gasteiger partial charge < -0.3 is 5.32 Å². The predicted molar refractivity (Wildman–Crippen MR) is 146 cm³/mol. The molecule has 0 bridgehead atoms. The average Bonchev–Trinajstić information content (AvgIpc) is 3.26. The van der Waals surface area contributed by atoms with Gasteiger partial charge in [0, 0.05) is 46.3 Å². The Hall–Kier alpha value is -2.15. The van der Waals surface area contributed by atoms with E-state index in [-0.39, 0.29) is 5.82 Å². The Balaban J connectivity index is 1.30. The van der Waals surface area contributed by atoms with Crippen molar-refractivity contribution in [1.82, 2.24) is 9.88 Å². The second-order valence-corrected chi connectivity index (χ2v) is 10.9. The van der Waals surface area contributed by atoms with Crippen LogP contribution in [-0.4, -0.2) is 29.0 Å². The summed E-state index contributed by atoms with van der Waals surface area (Å²) >= 11 is 20.1. The van der Waals surface area contributed by atoms with Gasteiger partial charge in [-0.05, 0) is 60.4 Å². The van der Waals surface area contributed by atoms with Gasteiger partial charge in [0.1, 0.15) is 5.82 Å². The van der Waals surface area contributed by atoms with Gasteiger partial charge in [0.05, 0.1) is 10.6 Å². The van der Waals surface area contributed by atoms with Gasteiger partial charge in [-0.1, -0.05) is 76.5 Å². The minimum absolute atomic E-state index is 0.305. The van der Waals surface area contributed by atoms with Crippen molar-refractivity contribution in [2.75, 3.05) is 18.4 Å². The highest BCUT2D eigenvalue weighted by Gasteiger charge is 2.22. The Bertz CT molecular complexity index is 1240. The number of benzene rings is 3. The zero-order valence-corrected chi connectivity index (χ0v) is 21.9. The van der Waals surface area contributed by atoms with E-state index in [0.717, 1.165) is 64.9 Å². The van der Waals surface area contributed by atoms with Crippen LogP contribution < -0.4 is 5.32 Å². The molecule has 1 saturated heterocycles. The quantitative estimate of drug-likeness (QED) is 0.262. The summed E-state index contributed by atoms with van der Waals surface area (Å²) in [5.74, 6) is -0.305. The van der Waals surface area contributed by atoms with E-state index >= 15 is 0 Å². The lowest BCUT2D eigenvalue weighted by Crippen LogP contribution is -2.38. The molecule has 0 amide bonds. The molecule has 35 heavy (non-hydrogen) atoms. The molecule has 1 fully saturated rings. The fourth-order valence-corrected chi connectivity index (χ4v) is 5.83. The summed E-state index contributed by atoms with van der Waals surface area (Å²) in [7, 11) is 0. The third-order valence-corrected chi connectivity index (χ3v) is 8.07. The minimum Gasteiger partial charge on any atom is -0.359 e. The summed E-state index contributed by atoms with van der Waals surface area (Å²) in [4.78, 5) is 8.43. The molecule has 0 atom stereocenters. The largest absolute Gasteiger partial charge is 0.359 e. The molecular formula is C27H23Cl3FN3S. The van der Waals surface area contributed by atoms with E-state index in [1.807, 2.05) is 48.5 Å². The summed E-state index contributed by atoms with van der Waals surface area (Å²) < 4.78 is 13.3. The van der Waals surface area contributed by atoms with Crippen LogP contribution in [0, 0.1) is 5.82 Å². The molecule has 8 heteroatoms. The maximum atomic E-state index is 13.3. The number of thiazole rings is 1. The van der Waals surface area contributed by atoms with Crippen LogP contribution in [0.25, 0.3) is 21.7 Å². The summed E-state index contributed by atoms with van der Waals surface area (Å²) in [6.07, 6.45) is 1.98. The van der Waals surface area contributed by atoms with E-state index in [0.29, 0.717) is 21.1 Å². The van der Waals surface area contributed by atoms with Crippen molar-refractivity contribution in [2.45, 2.75) is 25.4 Å². The highest BCUT2D eigenvalue weighted by Crippen LogP contribution is 2.40. The molecule has 2 heterocycles. The number of nitrogens with zero attached hydrogens (tertiary/aromatic N) is 2. The van der Waals surface area contributed by atoms with Crippen LogP contribution in [0.5, 0.6) is 0 Å². The molecule has 0 radical (unpaired) electrons. The van der Waals surface area contributed by atoms with Crippen molar-refractivity contribution >= 4 is 51.3 Å². The summed E-state index contributed by atoms with van der Waals surface area (Å²) in [5.41, 5.74) is 3.99. The van der Waals surface area contributed by atoms with E-state index in [2.05, 4.69) is 10.2 Å². The lowest BCUT2D eigenvalue weighted by atomic mass is 10.0. The summed E-state index contributed by atoms with van der Waals surface area (Å²) in [5, 5.41) is 6.45. The number of rotatable bonds is 6. The molecule has 3 aromatic carbocycles. The van der Waals surface area contributed by atoms with Crippen LogP contribution in [-0.2, 0) is 6.54 Å². The van der Waals surface area contributed by atoms with Gasteiger partial charge >= 0.3 is 0 Å². The van der Waals surface area contributed by atoms with Gasteiger partial charge in [0.2, 0.25) is 0 Å². The number of hydrogen-bond acceptors (Lipinski definition) is 4. The Morgan fingerprint density at radius 2 is 1.51 bits per heavy atom. The maximum absolute atomic E-state index is 13.3. The van der Waals surface area contributed by atoms with Crippen molar-refractivity contribution in [1.29, 1.82) is 0 Å². The predicted octanol–water partition coefficient (Wildman–Crippen LogP) is 8.65. The maximum Gasteiger partial charge on any atom is 0.184 e. The SMILES string of the molecule is Fc1ccc(CN2CCC(Nc3nc(-c4ccc(Cl)cc4)c(-c4ccc(Cl)cc4)s3)CC2)c(Cl)c1. The van der Waals surface area contributed by atoms with Gasteiger partial charge in [0.25, 0.3) is 0 Å². The van der Waals surface area contributed by atoms with Crippen LogP contribution in [0.1, 0.15) is 18.4 Å². The smallest absolute Gasteiger partial charge is 0.184 e. The highest BCUT2D eigenvalue weighted by molar-refractivity contribution is 7.19. The number of likely N-dealkylation sites (tertiary alicyclic amines) is 1. The van der Waals surface area contributed by atoms with Crippen LogP contribution in [0.2, 0.25) is 15.1 Å². The molecule has 3 nitrogen and oxygen atoms in total. The number of piperidine rings is 1. The first-order valence-corrected chi connectivity index (χ1v) is 13.3. The molecule has 4 aromatic rings. The second kappa shape index (κ2) is 10.9. The number of hydrogen-bond donors (Lipinski definition) is 1. The van der Waals surface area contributed by atoms with E-state index in [4.69, 9.17) is 39.8 Å². The Kier molecular flexibility index (Phi) is 7.61. The van der Waals surface area contributed by atoms with Crippen LogP contribution in [0.3, 0.4) is 0 Å². The minimum atomic E-state index is -0.305. The molecule has 0 saturated carbocycles. The average molecular weight is 547 g/mol. The topological polar surface area (TPSA) is 28.2 Å². The summed E-state index contributed by atoms with van der Waals surface area (Å²) in [6, 6.07) is 20.6. The zero-order chi connectivity index (χ0) is 24.4. The third kappa shape index (κ3) is 5.99. The molecule has 0 spiro atoms. The molecule has 1 aliphatic heterocycles. The Morgan fingerprint density at radius 1 is 0.886 bits per heavy atom. The van der Waals surface area contributed by atoms with Crippen molar-refractivity contribution in [3.63, 3.8) is 0 Å². The van der Waals surface area contributed by atoms with E-state index in [9.17, 15) is 4.39 Å². The van der Waals surface area contributed by atoms with Crippen molar-refractivity contribution in [2.24, 2.45) is 0 Å². The molecular weight excluding hydrogens is 524 g/mol. The normalized spacial score (nSPS) is 14.9. The lowest BCUT2D eigenvalue weighted by Gasteiger charge is -2.32. The van der Waals surface area contributed by atoms with Gasteiger partial charge in [-0.3, -0.25) is 4.90 Å². The molecule has 1 aliphatic rings. The first-order valence-electron chi connectivity index (χ1n) is 11.4. The van der Waals surface area contributed by atoms with Crippen molar-refractivity contribution in [3.8, 4) is 21.7 Å². The molecule has 180 valence electrons. The lowest BCUT2D eigenvalue weighted by molar-refractivity contribution is 0.211. The molecule has 1 N–H and O–H groups in total. The first kappa shape index (κ1) is 24.5. The van der Waals surface area contributed by atoms with Crippen LogP contribution in [0.4, 0.5) is 9.52 Å². The first-order chi connectivity index (χ1) is 16.9. The summed E-state index contributed by atoms with van der Waals surface area (Å²) in [6.45, 7) is 2.60. The van der Waals surface area contributed by atoms with E-state index in [1.54, 1.807) is 17.4 Å². The van der Waals surface area contributed by atoms with Gasteiger partial charge in [-0.25, -0.2) is 9.37 Å². The number of halogens is 4. The Labute approximate surface area is 223 Å². The second-order valence-electron chi connectivity index (χ2n) is 8.64. The molecule has 5 rings (SSSR count). The van der Waals surface area contributed by atoms with Crippen LogP contribution >= 0.6 is 46.1 Å². The zero-order valence-electron chi connectivity index (χ0n) is 18.8. The van der Waals surface area contributed by atoms with Crippen molar-refractivity contribution < 1.29 is 4.39 Å². The van der Waals surface area contributed by atoms with Gasteiger partial charge in [0.15, 0.2) is 5.13 Å². The van der Waals surface area contributed by atoms with Crippen molar-refractivity contribution in [3.05, 3.63) is 93.2 Å². The molecule has 1 aromatic heterocycles. The Morgan fingerprint density at radius 3 is 2.14 bits per heavy atom. The van der Waals surface area contributed by atoms with E-state index in [1.165, 1.54) is 12.1 Å². The van der Waals surface area contributed by atoms with E-state index < -0.39 is 0 Å². The number of nitrogens with one attached hydrogen (secondary N) is 1. The molecule has 0 unspecified atom stereocenters. The van der Waals surface area contributed by atoms with Crippen LogP contribution in [0.15, 0.2) is 66.7 Å². The molecule has 0 aliphatic carbocycles. The monoisotopic (exact) mass is 545 g/mol. The van der Waals surface area contributed by atoms with Gasteiger partial charge in [-0.15, -0.1) is 0 Å². The fraction of sp³-hybridized carbons (Fsp3) is 0.222. The van der Waals surface area contributed by atoms with Gasteiger partial charge in [-0.2, -0.15) is 0 Å². The standard InChI is InChI=1S/C27H23Cl3FN3S/c28-20-6-1-17(2-7-20)25-26(18-3-8-21(29)9-4-18)35-27(33-25)32-23-11-13-34(14-12-23)16-19-5-10-22(31)15-24(19)30/h1-10,15,23H,11-14,16H2,(H,32,33). The fourth-order valence-electron chi connectivity index (χ4n) is 4.28. The highest BCUT2D eigenvalue weighted by atomic mass is 35.5. The number of anilines is 1. The third-order valence-electron chi connectivity index (χ3n) is 6.18. The number of aromatic nitrogens is 1.